The molecule has 1 aliphatic heterocycles. The predicted octanol–water partition coefficient (Wildman–Crippen LogP) is 3.46. The second-order valence-electron chi connectivity index (χ2n) is 8.39. The maximum Gasteiger partial charge on any atom is 0.319 e. The van der Waals surface area contributed by atoms with E-state index in [1.807, 2.05) is 37.3 Å². The van der Waals surface area contributed by atoms with Crippen LogP contribution in [0.25, 0.3) is 10.9 Å². The summed E-state index contributed by atoms with van der Waals surface area (Å²) >= 11 is 5.77. The van der Waals surface area contributed by atoms with Crippen LogP contribution in [0, 0.1) is 6.92 Å². The number of amides is 2. The van der Waals surface area contributed by atoms with Gasteiger partial charge in [0.2, 0.25) is 10.0 Å². The average molecular weight is 502 g/mol. The Morgan fingerprint density at radius 1 is 1.18 bits per heavy atom. The van der Waals surface area contributed by atoms with Crippen LogP contribution in [0.4, 0.5) is 10.5 Å². The lowest BCUT2D eigenvalue weighted by atomic mass is 10.1. The summed E-state index contributed by atoms with van der Waals surface area (Å²) < 4.78 is 28.1. The molecule has 0 spiro atoms. The normalized spacial score (nSPS) is 16.6. The zero-order valence-corrected chi connectivity index (χ0v) is 20.5. The first-order valence-electron chi connectivity index (χ1n) is 11.1. The molecule has 34 heavy (non-hydrogen) atoms. The van der Waals surface area contributed by atoms with Crippen LogP contribution in [0.2, 0.25) is 0 Å². The lowest BCUT2D eigenvalue weighted by Crippen LogP contribution is -2.39. The molecule has 3 aromatic rings. The number of para-hydroxylation sites is 1. The van der Waals surface area contributed by atoms with Gasteiger partial charge in [-0.1, -0.05) is 30.3 Å². The fourth-order valence-corrected chi connectivity index (χ4v) is 5.52. The summed E-state index contributed by atoms with van der Waals surface area (Å²) in [6, 6.07) is 15.6. The van der Waals surface area contributed by atoms with E-state index in [1.165, 1.54) is 0 Å². The molecule has 10 heteroatoms. The Morgan fingerprint density at radius 3 is 2.71 bits per heavy atom. The topological polar surface area (TPSA) is 103 Å². The minimum absolute atomic E-state index is 0.169. The second kappa shape index (κ2) is 10.7. The van der Waals surface area contributed by atoms with Gasteiger partial charge in [0.15, 0.2) is 0 Å². The third-order valence-electron chi connectivity index (χ3n) is 5.79. The molecule has 2 aromatic carbocycles. The van der Waals surface area contributed by atoms with Crippen molar-refractivity contribution in [3.63, 3.8) is 0 Å². The highest BCUT2D eigenvalue weighted by Crippen LogP contribution is 2.22. The van der Waals surface area contributed by atoms with Crippen molar-refractivity contribution in [2.45, 2.75) is 30.2 Å². The van der Waals surface area contributed by atoms with Crippen molar-refractivity contribution in [3.8, 4) is 0 Å². The number of benzene rings is 2. The summed E-state index contributed by atoms with van der Waals surface area (Å²) in [5.74, 6) is 0.343. The Hall–Kier alpha value is -2.72. The van der Waals surface area contributed by atoms with E-state index in [9.17, 15) is 13.2 Å². The molecule has 1 aromatic heterocycles. The first kappa shape index (κ1) is 24.4. The zero-order valence-electron chi connectivity index (χ0n) is 18.9. The number of nitrogens with one attached hydrogen (secondary N) is 3. The number of hydrogen-bond acceptors (Lipinski definition) is 5. The number of alkyl halides is 1. The summed E-state index contributed by atoms with van der Waals surface area (Å²) in [6.45, 7) is 4.33. The molecule has 1 unspecified atom stereocenters. The number of rotatable bonds is 8. The minimum atomic E-state index is -3.59. The summed E-state index contributed by atoms with van der Waals surface area (Å²) in [4.78, 5) is 19.3. The van der Waals surface area contributed by atoms with Gasteiger partial charge in [-0.05, 0) is 49.7 Å². The van der Waals surface area contributed by atoms with Gasteiger partial charge in [0.1, 0.15) is 0 Å². The molecule has 4 rings (SSSR count). The Kier molecular flexibility index (Phi) is 7.67. The summed E-state index contributed by atoms with van der Waals surface area (Å²) in [5, 5.41) is 6.67. The van der Waals surface area contributed by atoms with E-state index in [0.717, 1.165) is 34.4 Å². The molecule has 2 amide bonds. The van der Waals surface area contributed by atoms with Crippen molar-refractivity contribution in [1.82, 2.24) is 19.9 Å². The highest BCUT2D eigenvalue weighted by atomic mass is 35.5. The number of halogens is 1. The summed E-state index contributed by atoms with van der Waals surface area (Å²) in [6.07, 6.45) is 0.716. The summed E-state index contributed by atoms with van der Waals surface area (Å²) in [7, 11) is -3.59. The lowest BCUT2D eigenvalue weighted by molar-refractivity contribution is 0.249. The summed E-state index contributed by atoms with van der Waals surface area (Å²) in [5.41, 5.74) is 3.25. The van der Waals surface area contributed by atoms with Crippen LogP contribution in [0.3, 0.4) is 0 Å². The molecule has 2 heterocycles. The maximum atomic E-state index is 12.7. The second-order valence-corrected chi connectivity index (χ2v) is 10.4. The van der Waals surface area contributed by atoms with Crippen LogP contribution in [0.15, 0.2) is 59.5 Å². The van der Waals surface area contributed by atoms with Gasteiger partial charge in [-0.2, -0.15) is 0 Å². The van der Waals surface area contributed by atoms with Crippen LogP contribution in [0.5, 0.6) is 0 Å². The molecule has 0 aliphatic carbocycles. The number of nitrogens with zero attached hydrogens (tertiary/aromatic N) is 2. The predicted molar refractivity (Wildman–Crippen MR) is 135 cm³/mol. The smallest absolute Gasteiger partial charge is 0.319 e. The average Bonchev–Trinajstić information content (AvgIpc) is 3.25. The van der Waals surface area contributed by atoms with E-state index in [4.69, 9.17) is 11.6 Å². The van der Waals surface area contributed by atoms with Crippen molar-refractivity contribution < 1.29 is 13.2 Å². The molecule has 1 aliphatic rings. The zero-order chi connectivity index (χ0) is 24.1. The van der Waals surface area contributed by atoms with Crippen LogP contribution in [0.1, 0.15) is 17.7 Å². The van der Waals surface area contributed by atoms with E-state index in [0.29, 0.717) is 31.9 Å². The van der Waals surface area contributed by atoms with Gasteiger partial charge in [0.25, 0.3) is 0 Å². The SMILES string of the molecule is Cc1cc(NC(=O)NCCN2CCC(NS(=O)(=O)c3ccc(CCl)cc3)C2)c2ccccc2n1. The Morgan fingerprint density at radius 2 is 1.94 bits per heavy atom. The van der Waals surface area contributed by atoms with Crippen LogP contribution >= 0.6 is 11.6 Å². The van der Waals surface area contributed by atoms with E-state index in [-0.39, 0.29) is 17.0 Å². The molecular weight excluding hydrogens is 474 g/mol. The number of carbonyl (C=O) groups is 1. The highest BCUT2D eigenvalue weighted by Gasteiger charge is 2.27. The first-order valence-corrected chi connectivity index (χ1v) is 13.2. The van der Waals surface area contributed by atoms with Crippen LogP contribution in [-0.4, -0.2) is 56.6 Å². The first-order chi connectivity index (χ1) is 16.3. The van der Waals surface area contributed by atoms with E-state index in [2.05, 4.69) is 25.2 Å². The van der Waals surface area contributed by atoms with Crippen molar-refractivity contribution in [3.05, 3.63) is 65.9 Å². The Labute approximate surface area is 204 Å². The molecule has 1 atom stereocenters. The monoisotopic (exact) mass is 501 g/mol. The number of fused-ring (bicyclic) bond motifs is 1. The third kappa shape index (κ3) is 6.04. The number of aromatic nitrogens is 1. The van der Waals surface area contributed by atoms with Gasteiger partial charge in [-0.25, -0.2) is 17.9 Å². The maximum absolute atomic E-state index is 12.7. The molecule has 180 valence electrons. The molecule has 1 fully saturated rings. The fraction of sp³-hybridized carbons (Fsp3) is 0.333. The fourth-order valence-electron chi connectivity index (χ4n) is 4.08. The van der Waals surface area contributed by atoms with E-state index >= 15 is 0 Å². The quantitative estimate of drug-likeness (QED) is 0.410. The number of aryl methyl sites for hydroxylation is 1. The minimum Gasteiger partial charge on any atom is -0.337 e. The molecular formula is C24H28ClN5O3S. The van der Waals surface area contributed by atoms with E-state index in [1.54, 1.807) is 24.3 Å². The third-order valence-corrected chi connectivity index (χ3v) is 7.63. The number of anilines is 1. The number of urea groups is 1. The van der Waals surface area contributed by atoms with Gasteiger partial charge in [0.05, 0.1) is 16.1 Å². The molecule has 3 N–H and O–H groups in total. The largest absolute Gasteiger partial charge is 0.337 e. The number of pyridine rings is 1. The molecule has 0 bridgehead atoms. The Bertz CT molecular complexity index is 1270. The molecule has 1 saturated heterocycles. The van der Waals surface area contributed by atoms with Gasteiger partial charge in [-0.15, -0.1) is 11.6 Å². The van der Waals surface area contributed by atoms with Gasteiger partial charge in [-0.3, -0.25) is 9.88 Å². The van der Waals surface area contributed by atoms with Crippen molar-refractivity contribution >= 4 is 44.2 Å². The van der Waals surface area contributed by atoms with Gasteiger partial charge in [0, 0.05) is 42.6 Å². The Balaban J connectivity index is 1.24. The molecule has 8 nitrogen and oxygen atoms in total. The highest BCUT2D eigenvalue weighted by molar-refractivity contribution is 7.89. The molecule has 0 saturated carbocycles. The van der Waals surface area contributed by atoms with Crippen LogP contribution in [-0.2, 0) is 15.9 Å². The molecule has 0 radical (unpaired) electrons. The lowest BCUT2D eigenvalue weighted by Gasteiger charge is -2.17. The standard InChI is InChI=1S/C24H28ClN5O3S/c1-17-14-23(21-4-2-3-5-22(21)27-17)28-24(31)26-11-13-30-12-10-19(16-30)29-34(32,33)20-8-6-18(15-25)7-9-20/h2-9,14,19,29H,10-13,15-16H2,1H3,(H2,26,27,28,31). The van der Waals surface area contributed by atoms with Crippen LogP contribution < -0.4 is 15.4 Å². The number of likely N-dealkylation sites (tertiary alicyclic amines) is 1. The van der Waals surface area contributed by atoms with Gasteiger partial charge < -0.3 is 10.6 Å². The van der Waals surface area contributed by atoms with Gasteiger partial charge >= 0.3 is 6.03 Å². The number of carbonyl (C=O) groups excluding carboxylic acids is 1. The van der Waals surface area contributed by atoms with Crippen molar-refractivity contribution in [2.75, 3.05) is 31.5 Å². The van der Waals surface area contributed by atoms with Crippen molar-refractivity contribution in [2.24, 2.45) is 0 Å². The van der Waals surface area contributed by atoms with Crippen molar-refractivity contribution in [1.29, 1.82) is 0 Å². The number of sulfonamides is 1. The number of hydrogen-bond donors (Lipinski definition) is 3. The van der Waals surface area contributed by atoms with E-state index < -0.39 is 10.0 Å².